The zero-order valence-electron chi connectivity index (χ0n) is 18.1. The Morgan fingerprint density at radius 2 is 1.77 bits per heavy atom. The number of esters is 2. The molecule has 168 valence electrons. The monoisotopic (exact) mass is 493 g/mol. The number of nitrogens with zero attached hydrogens (tertiary/aromatic N) is 1. The summed E-state index contributed by atoms with van der Waals surface area (Å²) in [6.07, 6.45) is 5.50. The number of hydrogen-bond donors (Lipinski definition) is 0. The maximum Gasteiger partial charge on any atom is 0.336 e. The molecule has 3 rings (SSSR count). The molecule has 0 amide bonds. The van der Waals surface area contributed by atoms with Gasteiger partial charge in [0.1, 0.15) is 5.75 Å². The molecule has 1 aromatic rings. The first-order valence-electron chi connectivity index (χ1n) is 10.5. The van der Waals surface area contributed by atoms with Gasteiger partial charge in [-0.05, 0) is 60.3 Å². The minimum absolute atomic E-state index is 0.0473. The van der Waals surface area contributed by atoms with Crippen LogP contribution < -0.4 is 4.74 Å². The highest BCUT2D eigenvalue weighted by molar-refractivity contribution is 9.10. The van der Waals surface area contributed by atoms with Gasteiger partial charge in [0.2, 0.25) is 0 Å². The fourth-order valence-electron chi connectivity index (χ4n) is 3.83. The van der Waals surface area contributed by atoms with Crippen molar-refractivity contribution in [2.24, 2.45) is 0 Å². The number of methoxy groups -OCH3 is 1. The smallest absolute Gasteiger partial charge is 0.336 e. The van der Waals surface area contributed by atoms with Gasteiger partial charge < -0.3 is 23.8 Å². The Bertz CT molecular complexity index is 839. The molecule has 31 heavy (non-hydrogen) atoms. The summed E-state index contributed by atoms with van der Waals surface area (Å²) in [7, 11) is 1.58. The third-order valence-corrected chi connectivity index (χ3v) is 5.82. The van der Waals surface area contributed by atoms with Crippen molar-refractivity contribution in [3.8, 4) is 5.75 Å². The average molecular weight is 494 g/mol. The van der Waals surface area contributed by atoms with Crippen LogP contribution >= 0.6 is 15.9 Å². The van der Waals surface area contributed by atoms with E-state index in [1.54, 1.807) is 39.4 Å². The Morgan fingerprint density at radius 1 is 1.13 bits per heavy atom. The van der Waals surface area contributed by atoms with Crippen molar-refractivity contribution in [3.63, 3.8) is 0 Å². The molecule has 1 atom stereocenters. The van der Waals surface area contributed by atoms with Gasteiger partial charge >= 0.3 is 11.9 Å². The van der Waals surface area contributed by atoms with Crippen molar-refractivity contribution < 1.29 is 28.5 Å². The second-order valence-corrected chi connectivity index (χ2v) is 8.12. The van der Waals surface area contributed by atoms with E-state index in [1.807, 2.05) is 17.0 Å². The van der Waals surface area contributed by atoms with Crippen molar-refractivity contribution >= 4 is 27.9 Å². The van der Waals surface area contributed by atoms with Gasteiger partial charge in [-0.15, -0.1) is 0 Å². The first-order valence-corrected chi connectivity index (χ1v) is 11.3. The third-order valence-electron chi connectivity index (χ3n) is 5.20. The Balaban J connectivity index is 2.05. The van der Waals surface area contributed by atoms with Crippen LogP contribution in [0.5, 0.6) is 5.75 Å². The summed E-state index contributed by atoms with van der Waals surface area (Å²) in [5.41, 5.74) is 1.51. The van der Waals surface area contributed by atoms with E-state index in [1.165, 1.54) is 0 Å². The lowest BCUT2D eigenvalue weighted by Crippen LogP contribution is -2.32. The number of benzene rings is 1. The van der Waals surface area contributed by atoms with Gasteiger partial charge in [0.25, 0.3) is 0 Å². The maximum absolute atomic E-state index is 12.9. The maximum atomic E-state index is 12.9. The lowest BCUT2D eigenvalue weighted by atomic mass is 9.83. The molecule has 0 aliphatic carbocycles. The lowest BCUT2D eigenvalue weighted by molar-refractivity contribution is -0.139. The minimum atomic E-state index is -0.624. The van der Waals surface area contributed by atoms with Crippen molar-refractivity contribution in [3.05, 3.63) is 51.8 Å². The number of carbonyl (C=O) groups excluding carboxylic acids is 2. The van der Waals surface area contributed by atoms with E-state index in [4.69, 9.17) is 18.9 Å². The topological polar surface area (TPSA) is 74.3 Å². The molecule has 0 aromatic heterocycles. The highest BCUT2D eigenvalue weighted by Crippen LogP contribution is 2.40. The second-order valence-electron chi connectivity index (χ2n) is 7.27. The Kier molecular flexibility index (Phi) is 8.15. The van der Waals surface area contributed by atoms with Crippen LogP contribution in [-0.2, 0) is 23.8 Å². The SMILES string of the molecule is CCOC(=O)C1=CN(C[C@H]2CCCO2)C=C(C(=O)OCC)C1c1ccc(OC)c(Br)c1. The number of rotatable bonds is 8. The van der Waals surface area contributed by atoms with Gasteiger partial charge in [-0.3, -0.25) is 0 Å². The average Bonchev–Trinajstić information content (AvgIpc) is 3.26. The molecular formula is C23H28BrNO6. The van der Waals surface area contributed by atoms with Crippen LogP contribution in [0.25, 0.3) is 0 Å². The van der Waals surface area contributed by atoms with Crippen LogP contribution in [-0.4, -0.2) is 56.4 Å². The van der Waals surface area contributed by atoms with Crippen LogP contribution in [0.2, 0.25) is 0 Å². The molecular weight excluding hydrogens is 466 g/mol. The zero-order chi connectivity index (χ0) is 22.4. The van der Waals surface area contributed by atoms with E-state index in [0.29, 0.717) is 23.4 Å². The molecule has 2 heterocycles. The van der Waals surface area contributed by atoms with Crippen molar-refractivity contribution in [2.45, 2.75) is 38.7 Å². The zero-order valence-corrected chi connectivity index (χ0v) is 19.6. The van der Waals surface area contributed by atoms with E-state index < -0.39 is 17.9 Å². The predicted octanol–water partition coefficient (Wildman–Crippen LogP) is 3.93. The molecule has 0 bridgehead atoms. The van der Waals surface area contributed by atoms with Crippen molar-refractivity contribution in [2.75, 3.05) is 33.5 Å². The minimum Gasteiger partial charge on any atom is -0.496 e. The molecule has 1 saturated heterocycles. The summed E-state index contributed by atoms with van der Waals surface area (Å²) in [6, 6.07) is 5.48. The second kappa shape index (κ2) is 10.8. The molecule has 1 aromatic carbocycles. The number of halogens is 1. The Morgan fingerprint density at radius 3 is 2.26 bits per heavy atom. The first-order chi connectivity index (χ1) is 15.0. The Hall–Kier alpha value is -2.32. The molecule has 7 nitrogen and oxygen atoms in total. The molecule has 2 aliphatic heterocycles. The molecule has 0 unspecified atom stereocenters. The van der Waals surface area contributed by atoms with E-state index in [9.17, 15) is 9.59 Å². The van der Waals surface area contributed by atoms with E-state index in [2.05, 4.69) is 15.9 Å². The van der Waals surface area contributed by atoms with Gasteiger partial charge in [-0.2, -0.15) is 0 Å². The van der Waals surface area contributed by atoms with Crippen LogP contribution in [0.15, 0.2) is 46.2 Å². The fraction of sp³-hybridized carbons (Fsp3) is 0.478. The highest BCUT2D eigenvalue weighted by atomic mass is 79.9. The number of carbonyl (C=O) groups is 2. The molecule has 0 N–H and O–H groups in total. The Labute approximate surface area is 191 Å². The molecule has 1 fully saturated rings. The van der Waals surface area contributed by atoms with Gasteiger partial charge in [0.05, 0.1) is 48.0 Å². The van der Waals surface area contributed by atoms with E-state index in [-0.39, 0.29) is 19.3 Å². The first kappa shape index (κ1) is 23.3. The third kappa shape index (κ3) is 5.49. The van der Waals surface area contributed by atoms with Crippen LogP contribution in [0.1, 0.15) is 38.2 Å². The van der Waals surface area contributed by atoms with Crippen LogP contribution in [0, 0.1) is 0 Å². The predicted molar refractivity (Wildman–Crippen MR) is 119 cm³/mol. The van der Waals surface area contributed by atoms with Crippen molar-refractivity contribution in [1.82, 2.24) is 4.90 Å². The summed E-state index contributed by atoms with van der Waals surface area (Å²) < 4.78 is 22.5. The van der Waals surface area contributed by atoms with Gasteiger partial charge in [-0.25, -0.2) is 9.59 Å². The normalized spacial score (nSPS) is 19.0. The summed E-state index contributed by atoms with van der Waals surface area (Å²) >= 11 is 3.50. The number of hydrogen-bond acceptors (Lipinski definition) is 7. The van der Waals surface area contributed by atoms with Gasteiger partial charge in [-0.1, -0.05) is 6.07 Å². The van der Waals surface area contributed by atoms with Gasteiger partial charge in [0, 0.05) is 25.6 Å². The largest absolute Gasteiger partial charge is 0.496 e. The van der Waals surface area contributed by atoms with Gasteiger partial charge in [0.15, 0.2) is 0 Å². The summed E-state index contributed by atoms with van der Waals surface area (Å²) in [5.74, 6) is -0.901. The fourth-order valence-corrected chi connectivity index (χ4v) is 4.39. The van der Waals surface area contributed by atoms with E-state index in [0.717, 1.165) is 29.5 Å². The molecule has 0 spiro atoms. The number of ether oxygens (including phenoxy) is 4. The summed E-state index contributed by atoms with van der Waals surface area (Å²) in [5, 5.41) is 0. The van der Waals surface area contributed by atoms with Crippen molar-refractivity contribution in [1.29, 1.82) is 0 Å². The summed E-state index contributed by atoms with van der Waals surface area (Å²) in [4.78, 5) is 27.7. The van der Waals surface area contributed by atoms with Crippen LogP contribution in [0.4, 0.5) is 0 Å². The molecule has 0 saturated carbocycles. The molecule has 0 radical (unpaired) electrons. The summed E-state index contributed by atoms with van der Waals surface area (Å²) in [6.45, 7) is 5.26. The van der Waals surface area contributed by atoms with Crippen LogP contribution in [0.3, 0.4) is 0 Å². The quantitative estimate of drug-likeness (QED) is 0.507. The van der Waals surface area contributed by atoms with E-state index >= 15 is 0 Å². The lowest BCUT2D eigenvalue weighted by Gasteiger charge is -2.31. The molecule has 2 aliphatic rings. The highest BCUT2D eigenvalue weighted by Gasteiger charge is 2.36. The standard InChI is InChI=1S/C23H28BrNO6/c1-4-29-22(26)17-13-25(12-16-7-6-10-31-16)14-18(23(27)30-5-2)21(17)15-8-9-20(28-3)19(24)11-15/h8-9,11,13-14,16,21H,4-7,10,12H2,1-3H3/t16-/m1/s1. The molecule has 8 heteroatoms.